The van der Waals surface area contributed by atoms with E-state index in [1.54, 1.807) is 25.2 Å². The molecule has 0 fully saturated rings. The lowest BCUT2D eigenvalue weighted by atomic mass is 10.3. The molecule has 2 aromatic carbocycles. The molecule has 0 saturated heterocycles. The number of carbonyl (C=O) groups is 1. The summed E-state index contributed by atoms with van der Waals surface area (Å²) in [6.07, 6.45) is 0. The quantitative estimate of drug-likeness (QED) is 0.729. The van der Waals surface area contributed by atoms with Crippen LogP contribution in [0.3, 0.4) is 0 Å². The van der Waals surface area contributed by atoms with Gasteiger partial charge in [-0.05, 0) is 42.5 Å². The van der Waals surface area contributed by atoms with E-state index in [0.717, 1.165) is 16.9 Å². The maximum Gasteiger partial charge on any atom is 0.307 e. The fourth-order valence-corrected chi connectivity index (χ4v) is 4.30. The van der Waals surface area contributed by atoms with E-state index in [1.165, 1.54) is 35.8 Å². The molecule has 9 heteroatoms. The Balaban J connectivity index is 1.88. The molecule has 1 aromatic heterocycles. The minimum absolute atomic E-state index is 0.0722. The fraction of sp³-hybridized carbons (Fsp3) is 0.125. The number of nitrogens with one attached hydrogen (secondary N) is 2. The second kappa shape index (κ2) is 6.34. The first kappa shape index (κ1) is 17.2. The zero-order chi connectivity index (χ0) is 18.2. The van der Waals surface area contributed by atoms with Crippen LogP contribution in [0.5, 0.6) is 0 Å². The molecule has 0 aliphatic heterocycles. The Morgan fingerprint density at radius 3 is 2.36 bits per heavy atom. The highest BCUT2D eigenvalue weighted by Gasteiger charge is 2.15. The first-order valence-electron chi connectivity index (χ1n) is 7.26. The molecule has 0 spiro atoms. The summed E-state index contributed by atoms with van der Waals surface area (Å²) in [5.74, 6) is -0.233. The van der Waals surface area contributed by atoms with Gasteiger partial charge in [0.2, 0.25) is 5.91 Å². The van der Waals surface area contributed by atoms with Crippen molar-refractivity contribution in [3.63, 3.8) is 0 Å². The van der Waals surface area contributed by atoms with Crippen LogP contribution in [-0.2, 0) is 21.9 Å². The van der Waals surface area contributed by atoms with Crippen LogP contribution in [-0.4, -0.2) is 18.9 Å². The van der Waals surface area contributed by atoms with Crippen LogP contribution in [0.15, 0.2) is 52.2 Å². The molecule has 0 atom stereocenters. The first-order chi connectivity index (χ1) is 11.8. The third-order valence-corrected chi connectivity index (χ3v) is 5.92. The predicted molar refractivity (Wildman–Crippen MR) is 98.6 cm³/mol. The molecule has 1 amide bonds. The lowest BCUT2D eigenvalue weighted by molar-refractivity contribution is -0.114. The van der Waals surface area contributed by atoms with Gasteiger partial charge in [0.25, 0.3) is 10.0 Å². The largest absolute Gasteiger partial charge is 0.326 e. The van der Waals surface area contributed by atoms with Crippen LogP contribution in [0.4, 0.5) is 11.4 Å². The molecule has 130 valence electrons. The molecular formula is C16H15N3O4S2. The Kier molecular flexibility index (Phi) is 4.36. The molecule has 1 heterocycles. The van der Waals surface area contributed by atoms with E-state index >= 15 is 0 Å². The summed E-state index contributed by atoms with van der Waals surface area (Å²) in [6, 6.07) is 10.8. The molecule has 3 aromatic rings. The van der Waals surface area contributed by atoms with E-state index in [9.17, 15) is 18.0 Å². The van der Waals surface area contributed by atoms with E-state index in [4.69, 9.17) is 0 Å². The zero-order valence-corrected chi connectivity index (χ0v) is 15.1. The molecule has 7 nitrogen and oxygen atoms in total. The monoisotopic (exact) mass is 377 g/mol. The maximum absolute atomic E-state index is 12.5. The summed E-state index contributed by atoms with van der Waals surface area (Å²) < 4.78 is 29.7. The molecule has 3 rings (SSSR count). The second-order valence-corrected chi connectivity index (χ2v) is 8.10. The Hall–Kier alpha value is -2.65. The van der Waals surface area contributed by atoms with Crippen molar-refractivity contribution >= 4 is 48.9 Å². The number of nitrogens with zero attached hydrogens (tertiary/aromatic N) is 1. The van der Waals surface area contributed by atoms with Crippen molar-refractivity contribution in [1.29, 1.82) is 0 Å². The number of aromatic nitrogens is 1. The van der Waals surface area contributed by atoms with Gasteiger partial charge in [-0.1, -0.05) is 11.3 Å². The van der Waals surface area contributed by atoms with Crippen LogP contribution in [0, 0.1) is 0 Å². The van der Waals surface area contributed by atoms with Gasteiger partial charge >= 0.3 is 4.87 Å². The van der Waals surface area contributed by atoms with E-state index in [-0.39, 0.29) is 15.7 Å². The highest BCUT2D eigenvalue weighted by molar-refractivity contribution is 7.92. The van der Waals surface area contributed by atoms with Crippen LogP contribution < -0.4 is 14.9 Å². The number of amides is 1. The number of fused-ring (bicyclic) bond motifs is 1. The van der Waals surface area contributed by atoms with Crippen molar-refractivity contribution in [1.82, 2.24) is 4.57 Å². The first-order valence-corrected chi connectivity index (χ1v) is 9.56. The average molecular weight is 377 g/mol. The van der Waals surface area contributed by atoms with E-state index in [1.807, 2.05) is 0 Å². The van der Waals surface area contributed by atoms with Gasteiger partial charge in [0.1, 0.15) is 0 Å². The van der Waals surface area contributed by atoms with Crippen molar-refractivity contribution in [2.75, 3.05) is 10.0 Å². The molecule has 25 heavy (non-hydrogen) atoms. The third-order valence-electron chi connectivity index (χ3n) is 3.53. The van der Waals surface area contributed by atoms with Gasteiger partial charge in [-0.25, -0.2) is 8.42 Å². The summed E-state index contributed by atoms with van der Waals surface area (Å²) in [5.41, 5.74) is 1.64. The van der Waals surface area contributed by atoms with Crippen LogP contribution in [0.2, 0.25) is 0 Å². The lowest BCUT2D eigenvalue weighted by Gasteiger charge is -2.09. The van der Waals surface area contributed by atoms with Crippen molar-refractivity contribution in [2.45, 2.75) is 11.8 Å². The number of carbonyl (C=O) groups excluding carboxylic acids is 1. The minimum Gasteiger partial charge on any atom is -0.326 e. The van der Waals surface area contributed by atoms with Crippen LogP contribution in [0.25, 0.3) is 10.2 Å². The van der Waals surface area contributed by atoms with Crippen LogP contribution in [0.1, 0.15) is 6.92 Å². The molecule has 2 N–H and O–H groups in total. The molecule has 0 aliphatic rings. The van der Waals surface area contributed by atoms with Crippen molar-refractivity contribution in [3.8, 4) is 0 Å². The lowest BCUT2D eigenvalue weighted by Crippen LogP contribution is -2.13. The summed E-state index contributed by atoms with van der Waals surface area (Å²) >= 11 is 1.05. The number of aryl methyl sites for hydroxylation is 1. The topological polar surface area (TPSA) is 97.3 Å². The summed E-state index contributed by atoms with van der Waals surface area (Å²) in [7, 11) is -2.11. The normalized spacial score (nSPS) is 11.4. The second-order valence-electron chi connectivity index (χ2n) is 5.42. The Labute approximate surface area is 148 Å². The number of hydrogen-bond acceptors (Lipinski definition) is 5. The molecule has 0 aliphatic carbocycles. The van der Waals surface area contributed by atoms with E-state index in [2.05, 4.69) is 10.0 Å². The third kappa shape index (κ3) is 3.57. The highest BCUT2D eigenvalue weighted by atomic mass is 32.2. The van der Waals surface area contributed by atoms with Gasteiger partial charge in [-0.15, -0.1) is 0 Å². The van der Waals surface area contributed by atoms with Gasteiger partial charge < -0.3 is 9.88 Å². The summed E-state index contributed by atoms with van der Waals surface area (Å²) in [4.78, 5) is 22.6. The summed E-state index contributed by atoms with van der Waals surface area (Å²) in [6.45, 7) is 1.38. The maximum atomic E-state index is 12.5. The average Bonchev–Trinajstić information content (AvgIpc) is 2.81. The number of rotatable bonds is 4. The number of thiazole rings is 1. The smallest absolute Gasteiger partial charge is 0.307 e. The SMILES string of the molecule is CC(=O)Nc1ccc(S(=O)(=O)Nc2ccc3c(c2)sc(=O)n3C)cc1. The van der Waals surface area contributed by atoms with Crippen molar-refractivity contribution < 1.29 is 13.2 Å². The fourth-order valence-electron chi connectivity index (χ4n) is 2.33. The Morgan fingerprint density at radius 1 is 1.08 bits per heavy atom. The van der Waals surface area contributed by atoms with Crippen molar-refractivity contribution in [2.24, 2.45) is 7.05 Å². The minimum atomic E-state index is -3.77. The Bertz CT molecular complexity index is 1110. The molecule has 0 saturated carbocycles. The summed E-state index contributed by atoms with van der Waals surface area (Å²) in [5, 5.41) is 2.58. The number of benzene rings is 2. The molecule has 0 bridgehead atoms. The van der Waals surface area contributed by atoms with Gasteiger partial charge in [0, 0.05) is 19.7 Å². The molecule has 0 radical (unpaired) electrons. The van der Waals surface area contributed by atoms with Crippen molar-refractivity contribution in [3.05, 3.63) is 52.1 Å². The van der Waals surface area contributed by atoms with E-state index in [0.29, 0.717) is 16.1 Å². The number of sulfonamides is 1. The number of anilines is 2. The van der Waals surface area contributed by atoms with Gasteiger partial charge in [0.15, 0.2) is 0 Å². The standard InChI is InChI=1S/C16H15N3O4S2/c1-10(20)17-11-3-6-13(7-4-11)25(22,23)18-12-5-8-14-15(9-12)24-16(21)19(14)2/h3-9,18H,1-2H3,(H,17,20). The molecular weight excluding hydrogens is 362 g/mol. The zero-order valence-electron chi connectivity index (χ0n) is 13.4. The van der Waals surface area contributed by atoms with Gasteiger partial charge in [-0.2, -0.15) is 0 Å². The molecule has 0 unspecified atom stereocenters. The highest BCUT2D eigenvalue weighted by Crippen LogP contribution is 2.24. The Morgan fingerprint density at radius 2 is 1.72 bits per heavy atom. The van der Waals surface area contributed by atoms with Gasteiger partial charge in [0.05, 0.1) is 20.8 Å². The predicted octanol–water partition coefficient (Wildman–Crippen LogP) is 2.36. The van der Waals surface area contributed by atoms with Crippen LogP contribution >= 0.6 is 11.3 Å². The van der Waals surface area contributed by atoms with Gasteiger partial charge in [-0.3, -0.25) is 14.3 Å². The number of hydrogen-bond donors (Lipinski definition) is 2. The van der Waals surface area contributed by atoms with E-state index < -0.39 is 10.0 Å².